The molecule has 6 nitrogen and oxygen atoms in total. The molecule has 6 atom stereocenters. The normalized spacial score (nSPS) is 45.2. The molecule has 150 valence electrons. The Morgan fingerprint density at radius 3 is 1.11 bits per heavy atom. The number of rotatable bonds is 2. The summed E-state index contributed by atoms with van der Waals surface area (Å²) < 4.78 is 24.1. The van der Waals surface area contributed by atoms with Crippen LogP contribution in [0.2, 0.25) is 0 Å². The Bertz CT molecular complexity index is 814. The highest BCUT2D eigenvalue weighted by Gasteiger charge is 2.68. The minimum absolute atomic E-state index is 0.0703. The van der Waals surface area contributed by atoms with E-state index in [0.29, 0.717) is 0 Å². The zero-order valence-corrected chi connectivity index (χ0v) is 17.1. The molecule has 0 aromatic heterocycles. The lowest BCUT2D eigenvalue weighted by Gasteiger charge is -2.37. The molecule has 0 N–H and O–H groups in total. The minimum atomic E-state index is -0.910. The minimum Gasteiger partial charge on any atom is -0.338 e. The third-order valence-electron chi connectivity index (χ3n) is 7.57. The molecule has 6 heteroatoms. The second kappa shape index (κ2) is 5.11. The largest absolute Gasteiger partial charge is 0.338 e. The van der Waals surface area contributed by atoms with Gasteiger partial charge in [-0.2, -0.15) is 0 Å². The van der Waals surface area contributed by atoms with Crippen LogP contribution < -0.4 is 0 Å². The Kier molecular flexibility index (Phi) is 3.36. The van der Waals surface area contributed by atoms with E-state index in [2.05, 4.69) is 0 Å². The van der Waals surface area contributed by atoms with Crippen molar-refractivity contribution >= 4 is 11.6 Å². The maximum Gasteiger partial charge on any atom is 0.179 e. The van der Waals surface area contributed by atoms with Crippen molar-refractivity contribution in [1.29, 1.82) is 0 Å². The van der Waals surface area contributed by atoms with Crippen LogP contribution in [-0.4, -0.2) is 35.3 Å². The molecule has 5 rings (SSSR count). The summed E-state index contributed by atoms with van der Waals surface area (Å²) in [5.74, 6) is -1.68. The standard InChI is InChI=1S/C22H26O6/c1-19(2)17(23)15-13(25-21(19,5)27-15)11-7-9-12(10-8-11)14-16-18(24)20(3,4)22(6,26-14)28-16/h7-10,13-16H,1-6H3/t13-,14-,15-,16-,21+,22+/m1/s1. The Balaban J connectivity index is 1.39. The number of carbonyl (C=O) groups is 2. The van der Waals surface area contributed by atoms with Crippen molar-refractivity contribution < 1.29 is 28.5 Å². The van der Waals surface area contributed by atoms with Crippen LogP contribution in [0.4, 0.5) is 0 Å². The molecule has 0 spiro atoms. The van der Waals surface area contributed by atoms with Crippen LogP contribution in [0.15, 0.2) is 24.3 Å². The first-order valence-corrected chi connectivity index (χ1v) is 9.81. The molecule has 1 aromatic rings. The lowest BCUT2D eigenvalue weighted by molar-refractivity contribution is -0.202. The summed E-state index contributed by atoms with van der Waals surface area (Å²) in [6, 6.07) is 7.67. The highest BCUT2D eigenvalue weighted by atomic mass is 16.8. The van der Waals surface area contributed by atoms with E-state index >= 15 is 0 Å². The van der Waals surface area contributed by atoms with Crippen LogP contribution in [0.3, 0.4) is 0 Å². The summed E-state index contributed by atoms with van der Waals surface area (Å²) in [5, 5.41) is 0. The Labute approximate surface area is 164 Å². The number of ketones is 2. The topological polar surface area (TPSA) is 71.1 Å². The molecular weight excluding hydrogens is 360 g/mol. The average molecular weight is 386 g/mol. The van der Waals surface area contributed by atoms with E-state index in [1.165, 1.54) is 0 Å². The molecule has 0 radical (unpaired) electrons. The van der Waals surface area contributed by atoms with Gasteiger partial charge in [-0.25, -0.2) is 0 Å². The van der Waals surface area contributed by atoms with E-state index < -0.39 is 46.8 Å². The van der Waals surface area contributed by atoms with Gasteiger partial charge in [0.25, 0.3) is 0 Å². The van der Waals surface area contributed by atoms with Gasteiger partial charge in [0.05, 0.1) is 10.8 Å². The summed E-state index contributed by atoms with van der Waals surface area (Å²) in [5.41, 5.74) is 0.433. The Morgan fingerprint density at radius 2 is 0.857 bits per heavy atom. The SMILES string of the molecule is CC1(C)C(=O)[C@@H]2O[C@]1(C)O[C@@H]2c1ccc([C@H]2O[C@@]3(C)O[C@H]2C(=O)C3(C)C)cc1. The van der Waals surface area contributed by atoms with Gasteiger partial charge in [0.15, 0.2) is 35.3 Å². The number of ether oxygens (including phenoxy) is 4. The summed E-state index contributed by atoms with van der Waals surface area (Å²) in [6.45, 7) is 11.1. The third kappa shape index (κ3) is 1.97. The van der Waals surface area contributed by atoms with Crippen molar-refractivity contribution in [2.24, 2.45) is 10.8 Å². The molecule has 4 aliphatic heterocycles. The first-order chi connectivity index (χ1) is 12.9. The van der Waals surface area contributed by atoms with Crippen molar-refractivity contribution in [3.05, 3.63) is 35.4 Å². The number of Topliss-reactive ketones (excluding diaryl/α,β-unsaturated/α-hetero) is 2. The number of carbonyl (C=O) groups excluding carboxylic acids is 2. The zero-order chi connectivity index (χ0) is 20.3. The van der Waals surface area contributed by atoms with E-state index in [-0.39, 0.29) is 11.6 Å². The molecular formula is C22H26O6. The lowest BCUT2D eigenvalue weighted by Crippen LogP contribution is -2.47. The zero-order valence-electron chi connectivity index (χ0n) is 17.1. The van der Waals surface area contributed by atoms with Gasteiger partial charge < -0.3 is 18.9 Å². The number of hydrogen-bond donors (Lipinski definition) is 0. The van der Waals surface area contributed by atoms with E-state index in [0.717, 1.165) is 11.1 Å². The third-order valence-corrected chi connectivity index (χ3v) is 7.57. The highest BCUT2D eigenvalue weighted by molar-refractivity contribution is 5.93. The summed E-state index contributed by atoms with van der Waals surface area (Å²) in [4.78, 5) is 25.4. The molecule has 1 aromatic carbocycles. The van der Waals surface area contributed by atoms with Gasteiger partial charge in [0.2, 0.25) is 0 Å². The average Bonchev–Trinajstić information content (AvgIpc) is 3.28. The summed E-state index contributed by atoms with van der Waals surface area (Å²) in [7, 11) is 0. The van der Waals surface area contributed by atoms with Gasteiger partial charge in [-0.15, -0.1) is 0 Å². The summed E-state index contributed by atoms with van der Waals surface area (Å²) >= 11 is 0. The fourth-order valence-electron chi connectivity index (χ4n) is 4.76. The van der Waals surface area contributed by atoms with Gasteiger partial charge >= 0.3 is 0 Å². The van der Waals surface area contributed by atoms with Gasteiger partial charge in [0, 0.05) is 0 Å². The van der Waals surface area contributed by atoms with Crippen LogP contribution in [0.1, 0.15) is 64.9 Å². The Hall–Kier alpha value is -1.60. The molecule has 4 heterocycles. The maximum atomic E-state index is 12.7. The van der Waals surface area contributed by atoms with E-state index in [1.807, 2.05) is 65.8 Å². The van der Waals surface area contributed by atoms with Gasteiger partial charge in [-0.05, 0) is 52.7 Å². The van der Waals surface area contributed by atoms with Crippen LogP contribution in [0.5, 0.6) is 0 Å². The predicted molar refractivity (Wildman–Crippen MR) is 98.2 cm³/mol. The fraction of sp³-hybridized carbons (Fsp3) is 0.636. The molecule has 0 amide bonds. The van der Waals surface area contributed by atoms with Crippen LogP contribution >= 0.6 is 0 Å². The first-order valence-electron chi connectivity index (χ1n) is 9.81. The van der Waals surface area contributed by atoms with Crippen molar-refractivity contribution in [3.63, 3.8) is 0 Å². The predicted octanol–water partition coefficient (Wildman–Crippen LogP) is 3.25. The second-order valence-electron chi connectivity index (χ2n) is 9.69. The number of hydrogen-bond acceptors (Lipinski definition) is 6. The van der Waals surface area contributed by atoms with Crippen molar-refractivity contribution in [2.75, 3.05) is 0 Å². The highest BCUT2D eigenvalue weighted by Crippen LogP contribution is 2.57. The lowest BCUT2D eigenvalue weighted by atomic mass is 9.76. The van der Waals surface area contributed by atoms with Crippen LogP contribution in [-0.2, 0) is 28.5 Å². The Morgan fingerprint density at radius 1 is 0.571 bits per heavy atom. The van der Waals surface area contributed by atoms with E-state index in [9.17, 15) is 9.59 Å². The van der Waals surface area contributed by atoms with E-state index in [4.69, 9.17) is 18.9 Å². The number of benzene rings is 1. The van der Waals surface area contributed by atoms with Crippen molar-refractivity contribution in [2.45, 2.75) is 77.5 Å². The van der Waals surface area contributed by atoms with Crippen molar-refractivity contribution in [3.8, 4) is 0 Å². The molecule has 0 aliphatic carbocycles. The van der Waals surface area contributed by atoms with Gasteiger partial charge in [-0.3, -0.25) is 9.59 Å². The maximum absolute atomic E-state index is 12.7. The molecule has 28 heavy (non-hydrogen) atoms. The van der Waals surface area contributed by atoms with Crippen molar-refractivity contribution in [1.82, 2.24) is 0 Å². The van der Waals surface area contributed by atoms with Crippen LogP contribution in [0, 0.1) is 10.8 Å². The molecule has 4 saturated heterocycles. The molecule has 4 fully saturated rings. The summed E-state index contributed by atoms with van der Waals surface area (Å²) in [6.07, 6.45) is -2.02. The molecule has 4 aliphatic rings. The number of fused-ring (bicyclic) bond motifs is 4. The van der Waals surface area contributed by atoms with Crippen LogP contribution in [0.25, 0.3) is 0 Å². The second-order valence-corrected chi connectivity index (χ2v) is 9.69. The molecule has 4 bridgehead atoms. The van der Waals surface area contributed by atoms with Gasteiger partial charge in [-0.1, -0.05) is 24.3 Å². The quantitative estimate of drug-likeness (QED) is 0.777. The molecule has 0 saturated carbocycles. The fourth-order valence-corrected chi connectivity index (χ4v) is 4.76. The molecule has 0 unspecified atom stereocenters. The van der Waals surface area contributed by atoms with E-state index in [1.54, 1.807) is 0 Å². The first kappa shape index (κ1) is 18.4. The van der Waals surface area contributed by atoms with Gasteiger partial charge in [0.1, 0.15) is 12.2 Å². The monoisotopic (exact) mass is 386 g/mol. The smallest absolute Gasteiger partial charge is 0.179 e.